The van der Waals surface area contributed by atoms with Gasteiger partial charge in [-0.05, 0) is 24.1 Å². The summed E-state index contributed by atoms with van der Waals surface area (Å²) in [6.45, 7) is 0.282. The van der Waals surface area contributed by atoms with Gasteiger partial charge in [0.05, 0.1) is 0 Å². The molecular formula is C13H14ClFN2O2. The van der Waals surface area contributed by atoms with Crippen molar-refractivity contribution < 1.29 is 14.0 Å². The van der Waals surface area contributed by atoms with Gasteiger partial charge in [-0.1, -0.05) is 17.7 Å². The molecule has 0 aromatic heterocycles. The van der Waals surface area contributed by atoms with Gasteiger partial charge in [0.1, 0.15) is 11.9 Å². The molecule has 0 saturated carbocycles. The number of halogens is 2. The molecule has 0 radical (unpaired) electrons. The summed E-state index contributed by atoms with van der Waals surface area (Å²) in [5, 5.41) is 2.91. The fraction of sp³-hybridized carbons (Fsp3) is 0.385. The SMILES string of the molecule is CN(Cc1ccc(F)cc1Cl)C(=O)[C@@H]1CCC(=O)N1. The maximum Gasteiger partial charge on any atom is 0.245 e. The van der Waals surface area contributed by atoms with E-state index in [1.54, 1.807) is 13.1 Å². The average molecular weight is 285 g/mol. The van der Waals surface area contributed by atoms with E-state index in [0.29, 0.717) is 18.4 Å². The van der Waals surface area contributed by atoms with Gasteiger partial charge in [-0.3, -0.25) is 9.59 Å². The van der Waals surface area contributed by atoms with E-state index in [-0.39, 0.29) is 23.4 Å². The predicted molar refractivity (Wildman–Crippen MR) is 69.0 cm³/mol. The molecule has 1 aliphatic rings. The van der Waals surface area contributed by atoms with E-state index in [1.807, 2.05) is 0 Å². The van der Waals surface area contributed by atoms with Crippen LogP contribution in [0, 0.1) is 5.82 Å². The van der Waals surface area contributed by atoms with Crippen LogP contribution in [-0.2, 0) is 16.1 Å². The molecule has 19 heavy (non-hydrogen) atoms. The van der Waals surface area contributed by atoms with E-state index in [2.05, 4.69) is 5.32 Å². The number of nitrogens with zero attached hydrogens (tertiary/aromatic N) is 1. The van der Waals surface area contributed by atoms with Crippen molar-refractivity contribution in [1.82, 2.24) is 10.2 Å². The molecule has 0 aliphatic carbocycles. The van der Waals surface area contributed by atoms with Gasteiger partial charge in [0.15, 0.2) is 0 Å². The van der Waals surface area contributed by atoms with E-state index in [0.717, 1.165) is 0 Å². The molecule has 4 nitrogen and oxygen atoms in total. The summed E-state index contributed by atoms with van der Waals surface area (Å²) in [6.07, 6.45) is 0.890. The molecule has 1 aromatic carbocycles. The van der Waals surface area contributed by atoms with E-state index in [1.165, 1.54) is 17.0 Å². The third-order valence-electron chi connectivity index (χ3n) is 3.09. The number of hydrogen-bond acceptors (Lipinski definition) is 2. The van der Waals surface area contributed by atoms with Crippen LogP contribution in [0.15, 0.2) is 18.2 Å². The molecule has 2 amide bonds. The predicted octanol–water partition coefficient (Wildman–Crippen LogP) is 1.72. The van der Waals surface area contributed by atoms with Crippen LogP contribution in [0.1, 0.15) is 18.4 Å². The Morgan fingerprint density at radius 3 is 2.89 bits per heavy atom. The second kappa shape index (κ2) is 5.57. The zero-order valence-corrected chi connectivity index (χ0v) is 11.2. The summed E-state index contributed by atoms with van der Waals surface area (Å²) in [6, 6.07) is 3.61. The highest BCUT2D eigenvalue weighted by atomic mass is 35.5. The number of benzene rings is 1. The minimum Gasteiger partial charge on any atom is -0.344 e. The molecule has 1 aromatic rings. The van der Waals surface area contributed by atoms with E-state index < -0.39 is 11.9 Å². The molecule has 1 atom stereocenters. The van der Waals surface area contributed by atoms with Crippen LogP contribution in [0.5, 0.6) is 0 Å². The van der Waals surface area contributed by atoms with Crippen molar-refractivity contribution in [1.29, 1.82) is 0 Å². The first-order valence-electron chi connectivity index (χ1n) is 5.95. The largest absolute Gasteiger partial charge is 0.344 e. The summed E-state index contributed by atoms with van der Waals surface area (Å²) in [7, 11) is 1.63. The molecule has 1 heterocycles. The zero-order chi connectivity index (χ0) is 14.0. The van der Waals surface area contributed by atoms with Crippen LogP contribution >= 0.6 is 11.6 Å². The Labute approximate surface area is 115 Å². The van der Waals surface area contributed by atoms with E-state index in [9.17, 15) is 14.0 Å². The number of nitrogens with one attached hydrogen (secondary N) is 1. The maximum atomic E-state index is 12.9. The summed E-state index contributed by atoms with van der Waals surface area (Å²) in [5.74, 6) is -0.677. The third kappa shape index (κ3) is 3.23. The van der Waals surface area contributed by atoms with Crippen LogP contribution < -0.4 is 5.32 Å². The quantitative estimate of drug-likeness (QED) is 0.919. The first-order valence-corrected chi connectivity index (χ1v) is 6.33. The average Bonchev–Trinajstić information content (AvgIpc) is 2.78. The van der Waals surface area contributed by atoms with Crippen LogP contribution in [0.25, 0.3) is 0 Å². The smallest absolute Gasteiger partial charge is 0.245 e. The second-order valence-corrected chi connectivity index (χ2v) is 5.00. The van der Waals surface area contributed by atoms with Crippen LogP contribution in [0.4, 0.5) is 4.39 Å². The standard InChI is InChI=1S/C13H14ClFN2O2/c1-17(13(19)11-4-5-12(18)16-11)7-8-2-3-9(15)6-10(8)14/h2-3,6,11H,4-5,7H2,1H3,(H,16,18)/t11-/m0/s1. The molecule has 1 N–H and O–H groups in total. The maximum absolute atomic E-state index is 12.9. The Morgan fingerprint density at radius 1 is 1.58 bits per heavy atom. The highest BCUT2D eigenvalue weighted by molar-refractivity contribution is 6.31. The minimum absolute atomic E-state index is 0.105. The van der Waals surface area contributed by atoms with Gasteiger partial charge in [0.25, 0.3) is 0 Å². The molecule has 1 saturated heterocycles. The van der Waals surface area contributed by atoms with Gasteiger partial charge >= 0.3 is 0 Å². The number of likely N-dealkylation sites (N-methyl/N-ethyl adjacent to an activating group) is 1. The lowest BCUT2D eigenvalue weighted by Gasteiger charge is -2.21. The van der Waals surface area contributed by atoms with Crippen molar-refractivity contribution in [2.24, 2.45) is 0 Å². The molecule has 0 unspecified atom stereocenters. The van der Waals surface area contributed by atoms with Crippen molar-refractivity contribution in [2.75, 3.05) is 7.05 Å². The molecule has 0 spiro atoms. The summed E-state index contributed by atoms with van der Waals surface area (Å²) < 4.78 is 12.9. The van der Waals surface area contributed by atoms with Gasteiger partial charge in [0.2, 0.25) is 11.8 Å². The molecule has 2 rings (SSSR count). The van der Waals surface area contributed by atoms with Gasteiger partial charge < -0.3 is 10.2 Å². The van der Waals surface area contributed by atoms with Crippen molar-refractivity contribution in [3.05, 3.63) is 34.6 Å². The molecule has 102 valence electrons. The normalized spacial score (nSPS) is 18.3. The third-order valence-corrected chi connectivity index (χ3v) is 3.44. The zero-order valence-electron chi connectivity index (χ0n) is 10.5. The monoisotopic (exact) mass is 284 g/mol. The van der Waals surface area contributed by atoms with Crippen molar-refractivity contribution in [3.63, 3.8) is 0 Å². The van der Waals surface area contributed by atoms with Crippen LogP contribution in [-0.4, -0.2) is 29.8 Å². The van der Waals surface area contributed by atoms with Crippen molar-refractivity contribution in [2.45, 2.75) is 25.4 Å². The number of carbonyl (C=O) groups is 2. The molecule has 0 bridgehead atoms. The van der Waals surface area contributed by atoms with Gasteiger partial charge in [0, 0.05) is 25.0 Å². The van der Waals surface area contributed by atoms with Crippen molar-refractivity contribution in [3.8, 4) is 0 Å². The minimum atomic E-state index is -0.461. The van der Waals surface area contributed by atoms with E-state index in [4.69, 9.17) is 11.6 Å². The Balaban J connectivity index is 2.02. The fourth-order valence-electron chi connectivity index (χ4n) is 2.05. The lowest BCUT2D eigenvalue weighted by atomic mass is 10.1. The molecule has 6 heteroatoms. The number of rotatable bonds is 3. The summed E-state index contributed by atoms with van der Waals surface area (Å²) in [5.41, 5.74) is 0.670. The number of amides is 2. The van der Waals surface area contributed by atoms with Crippen molar-refractivity contribution >= 4 is 23.4 Å². The Kier molecular flexibility index (Phi) is 4.04. The fourth-order valence-corrected chi connectivity index (χ4v) is 2.28. The first kappa shape index (κ1) is 13.8. The summed E-state index contributed by atoms with van der Waals surface area (Å²) >= 11 is 5.91. The Morgan fingerprint density at radius 2 is 2.32 bits per heavy atom. The number of hydrogen-bond donors (Lipinski definition) is 1. The lowest BCUT2D eigenvalue weighted by Crippen LogP contribution is -2.42. The Hall–Kier alpha value is -1.62. The molecular weight excluding hydrogens is 271 g/mol. The van der Waals surface area contributed by atoms with Crippen LogP contribution in [0.3, 0.4) is 0 Å². The molecule has 1 aliphatic heterocycles. The van der Waals surface area contributed by atoms with E-state index >= 15 is 0 Å². The Bertz CT molecular complexity index is 521. The number of carbonyl (C=O) groups excluding carboxylic acids is 2. The molecule has 1 fully saturated rings. The highest BCUT2D eigenvalue weighted by Gasteiger charge is 2.29. The summed E-state index contributed by atoms with van der Waals surface area (Å²) in [4.78, 5) is 24.6. The van der Waals surface area contributed by atoms with Gasteiger partial charge in [-0.2, -0.15) is 0 Å². The lowest BCUT2D eigenvalue weighted by molar-refractivity contribution is -0.133. The van der Waals surface area contributed by atoms with Gasteiger partial charge in [-0.15, -0.1) is 0 Å². The van der Waals surface area contributed by atoms with Gasteiger partial charge in [-0.25, -0.2) is 4.39 Å². The highest BCUT2D eigenvalue weighted by Crippen LogP contribution is 2.19. The second-order valence-electron chi connectivity index (χ2n) is 4.59. The first-order chi connectivity index (χ1) is 8.97. The van der Waals surface area contributed by atoms with Crippen LogP contribution in [0.2, 0.25) is 5.02 Å². The topological polar surface area (TPSA) is 49.4 Å².